The number of nitrogens with zero attached hydrogens (tertiary/aromatic N) is 3. The number of amides is 1. The fourth-order valence-corrected chi connectivity index (χ4v) is 3.36. The van der Waals surface area contributed by atoms with Crippen LogP contribution >= 0.6 is 15.9 Å². The number of rotatable bonds is 4. The second kappa shape index (κ2) is 5.50. The first kappa shape index (κ1) is 13.9. The van der Waals surface area contributed by atoms with Crippen LogP contribution in [0.3, 0.4) is 0 Å². The minimum absolute atomic E-state index is 0.0912. The van der Waals surface area contributed by atoms with E-state index in [2.05, 4.69) is 26.1 Å². The normalized spacial score (nSPS) is 21.6. The number of hydrogen-bond acceptors (Lipinski definition) is 4. The standard InChI is InChI=1S/C16H16BrN3O2/c17-12-3-1-2-10(8-12)9-20-13(6-7-14(20)21)16-18-15(19-22-16)11-4-5-11/h1-3,8,11,13H,4-7,9H2. The van der Waals surface area contributed by atoms with Crippen molar-refractivity contribution in [2.75, 3.05) is 0 Å². The van der Waals surface area contributed by atoms with E-state index in [4.69, 9.17) is 4.52 Å². The van der Waals surface area contributed by atoms with Gasteiger partial charge in [-0.05, 0) is 37.0 Å². The van der Waals surface area contributed by atoms with E-state index in [1.165, 1.54) is 0 Å². The van der Waals surface area contributed by atoms with Crippen LogP contribution in [0.1, 0.15) is 54.9 Å². The van der Waals surface area contributed by atoms with Gasteiger partial charge in [0.25, 0.3) is 0 Å². The molecular weight excluding hydrogens is 346 g/mol. The third-order valence-corrected chi connectivity index (χ3v) is 4.75. The van der Waals surface area contributed by atoms with Crippen LogP contribution in [-0.4, -0.2) is 20.9 Å². The maximum absolute atomic E-state index is 12.2. The second-order valence-electron chi connectivity index (χ2n) is 5.97. The number of benzene rings is 1. The fraction of sp³-hybridized carbons (Fsp3) is 0.438. The van der Waals surface area contributed by atoms with Crippen LogP contribution in [0.25, 0.3) is 0 Å². The number of hydrogen-bond donors (Lipinski definition) is 0. The highest BCUT2D eigenvalue weighted by molar-refractivity contribution is 9.10. The van der Waals surface area contributed by atoms with Crippen molar-refractivity contribution in [3.8, 4) is 0 Å². The highest BCUT2D eigenvalue weighted by Gasteiger charge is 2.37. The van der Waals surface area contributed by atoms with E-state index in [1.807, 2.05) is 29.2 Å². The molecule has 1 amide bonds. The lowest BCUT2D eigenvalue weighted by Crippen LogP contribution is -2.27. The van der Waals surface area contributed by atoms with Gasteiger partial charge in [0.15, 0.2) is 5.82 Å². The lowest BCUT2D eigenvalue weighted by molar-refractivity contribution is -0.129. The van der Waals surface area contributed by atoms with Crippen LogP contribution in [0.2, 0.25) is 0 Å². The zero-order valence-electron chi connectivity index (χ0n) is 12.0. The molecule has 2 aromatic rings. The molecule has 5 nitrogen and oxygen atoms in total. The van der Waals surface area contributed by atoms with Crippen molar-refractivity contribution >= 4 is 21.8 Å². The molecule has 6 heteroatoms. The summed E-state index contributed by atoms with van der Waals surface area (Å²) in [6, 6.07) is 7.93. The lowest BCUT2D eigenvalue weighted by atomic mass is 10.2. The largest absolute Gasteiger partial charge is 0.337 e. The molecule has 4 rings (SSSR count). The van der Waals surface area contributed by atoms with Gasteiger partial charge in [-0.25, -0.2) is 0 Å². The molecule has 1 saturated heterocycles. The topological polar surface area (TPSA) is 59.2 Å². The average Bonchev–Trinajstić information content (AvgIpc) is 3.14. The lowest BCUT2D eigenvalue weighted by Gasteiger charge is -2.22. The van der Waals surface area contributed by atoms with Crippen LogP contribution < -0.4 is 0 Å². The molecule has 2 fully saturated rings. The molecule has 1 unspecified atom stereocenters. The van der Waals surface area contributed by atoms with Crippen LogP contribution in [-0.2, 0) is 11.3 Å². The number of halogens is 1. The van der Waals surface area contributed by atoms with Gasteiger partial charge in [0, 0.05) is 23.4 Å². The predicted molar refractivity (Wildman–Crippen MR) is 82.9 cm³/mol. The monoisotopic (exact) mass is 361 g/mol. The molecule has 22 heavy (non-hydrogen) atoms. The van der Waals surface area contributed by atoms with Gasteiger partial charge in [-0.2, -0.15) is 4.98 Å². The molecule has 1 aliphatic heterocycles. The van der Waals surface area contributed by atoms with Crippen LogP contribution in [0.5, 0.6) is 0 Å². The molecule has 0 N–H and O–H groups in total. The highest BCUT2D eigenvalue weighted by Crippen LogP contribution is 2.40. The maximum atomic E-state index is 12.2. The first-order chi connectivity index (χ1) is 10.7. The fourth-order valence-electron chi connectivity index (χ4n) is 2.91. The van der Waals surface area contributed by atoms with E-state index in [0.717, 1.165) is 35.1 Å². The summed E-state index contributed by atoms with van der Waals surface area (Å²) < 4.78 is 6.44. The first-order valence-electron chi connectivity index (χ1n) is 7.58. The van der Waals surface area contributed by atoms with Gasteiger partial charge in [0.2, 0.25) is 11.8 Å². The molecule has 0 radical (unpaired) electrons. The zero-order valence-corrected chi connectivity index (χ0v) is 13.6. The number of carbonyl (C=O) groups excluding carboxylic acids is 1. The van der Waals surface area contributed by atoms with Crippen LogP contribution in [0, 0.1) is 0 Å². The van der Waals surface area contributed by atoms with E-state index < -0.39 is 0 Å². The molecule has 2 heterocycles. The predicted octanol–water partition coefficient (Wildman–Crippen LogP) is 3.57. The average molecular weight is 362 g/mol. The van der Waals surface area contributed by atoms with Gasteiger partial charge in [-0.1, -0.05) is 33.2 Å². The highest BCUT2D eigenvalue weighted by atomic mass is 79.9. The van der Waals surface area contributed by atoms with E-state index in [0.29, 0.717) is 24.8 Å². The van der Waals surface area contributed by atoms with Gasteiger partial charge in [0.05, 0.1) is 0 Å². The zero-order chi connectivity index (χ0) is 15.1. The van der Waals surface area contributed by atoms with E-state index in [1.54, 1.807) is 0 Å². The molecule has 0 spiro atoms. The Morgan fingerprint density at radius 2 is 2.18 bits per heavy atom. The van der Waals surface area contributed by atoms with Gasteiger partial charge in [-0.3, -0.25) is 4.79 Å². The summed E-state index contributed by atoms with van der Waals surface area (Å²) >= 11 is 3.47. The molecule has 2 aliphatic rings. The summed E-state index contributed by atoms with van der Waals surface area (Å²) in [5.74, 6) is 2.00. The number of carbonyl (C=O) groups is 1. The smallest absolute Gasteiger partial charge is 0.249 e. The Morgan fingerprint density at radius 1 is 1.32 bits per heavy atom. The third kappa shape index (κ3) is 2.67. The number of aromatic nitrogens is 2. The van der Waals surface area contributed by atoms with Crippen molar-refractivity contribution in [1.82, 2.24) is 15.0 Å². The van der Waals surface area contributed by atoms with Crippen LogP contribution in [0.4, 0.5) is 0 Å². The Morgan fingerprint density at radius 3 is 2.95 bits per heavy atom. The van der Waals surface area contributed by atoms with Crippen molar-refractivity contribution in [1.29, 1.82) is 0 Å². The van der Waals surface area contributed by atoms with Crippen molar-refractivity contribution in [3.63, 3.8) is 0 Å². The summed E-state index contributed by atoms with van der Waals surface area (Å²) in [5, 5.41) is 4.07. The minimum Gasteiger partial charge on any atom is -0.337 e. The minimum atomic E-state index is -0.0912. The summed E-state index contributed by atoms with van der Waals surface area (Å²) in [6.07, 6.45) is 3.58. The number of likely N-dealkylation sites (tertiary alicyclic amines) is 1. The molecule has 1 saturated carbocycles. The molecule has 1 aromatic carbocycles. The molecule has 1 atom stereocenters. The molecule has 1 aliphatic carbocycles. The Kier molecular flexibility index (Phi) is 3.48. The Bertz CT molecular complexity index is 711. The maximum Gasteiger partial charge on any atom is 0.249 e. The van der Waals surface area contributed by atoms with E-state index >= 15 is 0 Å². The molecular formula is C16H16BrN3O2. The van der Waals surface area contributed by atoms with Crippen molar-refractivity contribution in [2.45, 2.75) is 44.2 Å². The summed E-state index contributed by atoms with van der Waals surface area (Å²) in [6.45, 7) is 0.573. The van der Waals surface area contributed by atoms with Gasteiger partial charge in [-0.15, -0.1) is 0 Å². The summed E-state index contributed by atoms with van der Waals surface area (Å²) in [4.78, 5) is 18.6. The second-order valence-corrected chi connectivity index (χ2v) is 6.89. The van der Waals surface area contributed by atoms with Gasteiger partial charge < -0.3 is 9.42 Å². The molecule has 0 bridgehead atoms. The van der Waals surface area contributed by atoms with Crippen molar-refractivity contribution in [3.05, 3.63) is 46.0 Å². The SMILES string of the molecule is O=C1CCC(c2nc(C3CC3)no2)N1Cc1cccc(Br)c1. The van der Waals surface area contributed by atoms with E-state index in [9.17, 15) is 4.79 Å². The van der Waals surface area contributed by atoms with Crippen molar-refractivity contribution in [2.24, 2.45) is 0 Å². The molecule has 1 aromatic heterocycles. The summed E-state index contributed by atoms with van der Waals surface area (Å²) in [7, 11) is 0. The Labute approximate surface area is 136 Å². The van der Waals surface area contributed by atoms with Crippen molar-refractivity contribution < 1.29 is 9.32 Å². The van der Waals surface area contributed by atoms with Gasteiger partial charge >= 0.3 is 0 Å². The third-order valence-electron chi connectivity index (χ3n) is 4.26. The van der Waals surface area contributed by atoms with Gasteiger partial charge in [0.1, 0.15) is 6.04 Å². The quantitative estimate of drug-likeness (QED) is 0.834. The Balaban J connectivity index is 1.56. The molecule has 114 valence electrons. The van der Waals surface area contributed by atoms with Crippen LogP contribution in [0.15, 0.2) is 33.3 Å². The van der Waals surface area contributed by atoms with E-state index in [-0.39, 0.29) is 11.9 Å². The summed E-state index contributed by atoms with van der Waals surface area (Å²) in [5.41, 5.74) is 1.09. The first-order valence-corrected chi connectivity index (χ1v) is 8.37. The Hall–Kier alpha value is -1.69.